The molecule has 0 aliphatic carbocycles. The van der Waals surface area contributed by atoms with Gasteiger partial charge in [0.2, 0.25) is 0 Å². The van der Waals surface area contributed by atoms with Crippen LogP contribution in [0.2, 0.25) is 0 Å². The molecule has 0 rings (SSSR count). The Hall–Kier alpha value is 2.27. The van der Waals surface area contributed by atoms with Crippen molar-refractivity contribution in [3.63, 3.8) is 0 Å². The molecular weight excluding hydrogens is 413 g/mol. The first kappa shape index (κ1) is 33.8. The van der Waals surface area contributed by atoms with Gasteiger partial charge in [-0.05, 0) is 0 Å². The molecule has 0 heterocycles. The largest absolute Gasteiger partial charge is 0.344 e. The number of rotatable bonds is 0. The number of hydrogen-bond donors (Lipinski definition) is 1. The summed E-state index contributed by atoms with van der Waals surface area (Å²) in [6, 6.07) is 0. The zero-order valence-electron chi connectivity index (χ0n) is 2.18. The van der Waals surface area contributed by atoms with Crippen LogP contribution in [-0.2, 0) is 0 Å². The summed E-state index contributed by atoms with van der Waals surface area (Å²) in [5.74, 6) is 0. The van der Waals surface area contributed by atoms with Crippen molar-refractivity contribution in [3.05, 3.63) is 0 Å². The van der Waals surface area contributed by atoms with E-state index in [0.29, 0.717) is 0 Å². The predicted molar refractivity (Wildman–Crippen MR) is 22.3 cm³/mol. The van der Waals surface area contributed by atoms with E-state index in [9.17, 15) is 0 Å². The molecule has 0 aliphatic rings. The normalized spacial score (nSPS) is 0. The quantitative estimate of drug-likeness (QED) is 0.507. The maximum absolute atomic E-state index is 0. The fourth-order valence-electron chi connectivity index (χ4n) is 0. The summed E-state index contributed by atoms with van der Waals surface area (Å²) in [5.41, 5.74) is 0. The first-order valence-corrected chi connectivity index (χ1v) is 0. The first-order valence-electron chi connectivity index (χ1n) is 0. The van der Waals surface area contributed by atoms with E-state index < -0.39 is 0 Å². The van der Waals surface area contributed by atoms with Crippen LogP contribution in [0.5, 0.6) is 0 Å². The molecule has 0 fully saturated rings. The maximum Gasteiger partial charge on any atom is 0 e. The molecule has 4 heteroatoms. The van der Waals surface area contributed by atoms with E-state index in [0.717, 1.165) is 0 Å². The van der Waals surface area contributed by atoms with Crippen LogP contribution in [0.25, 0.3) is 0 Å². The van der Waals surface area contributed by atoms with Gasteiger partial charge < -0.3 is 6.15 Å². The Labute approximate surface area is 75.1 Å². The van der Waals surface area contributed by atoms with Gasteiger partial charge in [0.25, 0.3) is 0 Å². The van der Waals surface area contributed by atoms with Gasteiger partial charge in [-0.25, -0.2) is 0 Å². The Bertz CT molecular complexity index is 8.00. The van der Waals surface area contributed by atoms with E-state index in [4.69, 9.17) is 0 Å². The van der Waals surface area contributed by atoms with Gasteiger partial charge in [0.15, 0.2) is 0 Å². The molecule has 1 nitrogen and oxygen atoms in total. The molecule has 0 atom stereocenters. The van der Waals surface area contributed by atoms with Gasteiger partial charge in [-0.3, -0.25) is 0 Å². The molecular formula is H3AsBiInN. The van der Waals surface area contributed by atoms with Crippen molar-refractivity contribution in [3.8, 4) is 0 Å². The summed E-state index contributed by atoms with van der Waals surface area (Å²) in [4.78, 5) is 0. The van der Waals surface area contributed by atoms with E-state index in [2.05, 4.69) is 0 Å². The second-order valence-corrected chi connectivity index (χ2v) is 0. The molecule has 0 bridgehead atoms. The second-order valence-electron chi connectivity index (χ2n) is 0. The summed E-state index contributed by atoms with van der Waals surface area (Å²) < 4.78 is 0. The molecule has 21 valence electrons. The SMILES string of the molecule is N.[As].[Bi].[In]. The third-order valence-electron chi connectivity index (χ3n) is 0. The zero-order chi connectivity index (χ0) is 0. The van der Waals surface area contributed by atoms with Crippen molar-refractivity contribution in [2.45, 2.75) is 0 Å². The van der Waals surface area contributed by atoms with Gasteiger partial charge in [0, 0.05) is 70.0 Å². The third kappa shape index (κ3) is 8.86. The fraction of sp³-hybridized carbons (Fsp3) is 0. The molecule has 0 saturated carbocycles. The van der Waals surface area contributed by atoms with Gasteiger partial charge in [-0.15, -0.1) is 0 Å². The smallest absolute Gasteiger partial charge is 0 e. The Morgan fingerprint density at radius 3 is 1.00 bits per heavy atom. The van der Waals surface area contributed by atoms with Crippen LogP contribution in [0.1, 0.15) is 0 Å². The standard InChI is InChI=1S/As.Bi.In.H3N/h;;;1H3. The zero-order valence-corrected chi connectivity index (χ0v) is 10.8. The molecule has 4 heavy (non-hydrogen) atoms. The molecule has 0 unspecified atom stereocenters. The van der Waals surface area contributed by atoms with Crippen LogP contribution in [0.3, 0.4) is 0 Å². The van der Waals surface area contributed by atoms with Crippen LogP contribution in [0, 0.1) is 0 Å². The molecule has 0 spiro atoms. The number of hydrogen-bond acceptors (Lipinski definition) is 1. The van der Waals surface area contributed by atoms with E-state index in [1.54, 1.807) is 0 Å². The van der Waals surface area contributed by atoms with Gasteiger partial charge in [0.05, 0.1) is 0 Å². The van der Waals surface area contributed by atoms with Gasteiger partial charge in [0.1, 0.15) is 0 Å². The minimum absolute atomic E-state index is 0. The van der Waals surface area contributed by atoms with Crippen molar-refractivity contribution in [1.82, 2.24) is 6.15 Å². The van der Waals surface area contributed by atoms with Gasteiger partial charge in [-0.1, -0.05) is 0 Å². The van der Waals surface area contributed by atoms with Gasteiger partial charge >= 0.3 is 0 Å². The Morgan fingerprint density at radius 2 is 1.00 bits per heavy atom. The van der Waals surface area contributed by atoms with Crippen LogP contribution < -0.4 is 6.15 Å². The molecule has 9 radical (unpaired) electrons. The molecule has 0 aromatic heterocycles. The van der Waals surface area contributed by atoms with Crippen LogP contribution in [0.4, 0.5) is 0 Å². The monoisotopic (exact) mass is 416 g/mol. The fourth-order valence-corrected chi connectivity index (χ4v) is 0. The second kappa shape index (κ2) is 18.6. The first-order chi connectivity index (χ1) is 0. The van der Waals surface area contributed by atoms with Crippen LogP contribution >= 0.6 is 0 Å². The Morgan fingerprint density at radius 1 is 1.00 bits per heavy atom. The van der Waals surface area contributed by atoms with Crippen molar-refractivity contribution in [2.24, 2.45) is 0 Å². The summed E-state index contributed by atoms with van der Waals surface area (Å²) in [7, 11) is 0. The van der Waals surface area contributed by atoms with Crippen LogP contribution in [0.15, 0.2) is 0 Å². The van der Waals surface area contributed by atoms with Crippen molar-refractivity contribution >= 4 is 70.0 Å². The van der Waals surface area contributed by atoms with Crippen molar-refractivity contribution < 1.29 is 0 Å². The van der Waals surface area contributed by atoms with E-state index in [1.165, 1.54) is 0 Å². The molecule has 0 saturated heterocycles. The van der Waals surface area contributed by atoms with Crippen LogP contribution in [-0.4, -0.2) is 70.0 Å². The molecule has 0 aliphatic heterocycles. The summed E-state index contributed by atoms with van der Waals surface area (Å²) in [5, 5.41) is 0. The average molecular weight is 416 g/mol. The minimum atomic E-state index is 0. The predicted octanol–water partition coefficient (Wildman–Crippen LogP) is -0.980. The summed E-state index contributed by atoms with van der Waals surface area (Å²) in [6.45, 7) is 0. The minimum Gasteiger partial charge on any atom is -0.344 e. The van der Waals surface area contributed by atoms with E-state index in [1.807, 2.05) is 0 Å². The molecule has 3 N–H and O–H groups in total. The van der Waals surface area contributed by atoms with Crippen molar-refractivity contribution in [1.29, 1.82) is 0 Å². The topological polar surface area (TPSA) is 35.0 Å². The van der Waals surface area contributed by atoms with E-state index in [-0.39, 0.29) is 76.2 Å². The average Bonchev–Trinajstić information content (AvgIpc) is 0. The summed E-state index contributed by atoms with van der Waals surface area (Å²) >= 11 is 0. The Kier molecular flexibility index (Phi) is 157. The summed E-state index contributed by atoms with van der Waals surface area (Å²) in [6.07, 6.45) is 0. The van der Waals surface area contributed by atoms with Gasteiger partial charge in [-0.2, -0.15) is 0 Å². The molecule has 0 aromatic rings. The maximum atomic E-state index is 0. The Balaban J connectivity index is 0. The molecule has 0 amide bonds. The third-order valence-corrected chi connectivity index (χ3v) is 0. The van der Waals surface area contributed by atoms with Crippen molar-refractivity contribution in [2.75, 3.05) is 0 Å². The van der Waals surface area contributed by atoms with E-state index >= 15 is 0 Å². The molecule has 0 aromatic carbocycles.